The first kappa shape index (κ1) is 29.5. The van der Waals surface area contributed by atoms with E-state index in [1.807, 2.05) is 6.92 Å². The maximum atomic E-state index is 15.6. The number of fused-ring (bicyclic) bond motifs is 1. The summed E-state index contributed by atoms with van der Waals surface area (Å²) in [4.78, 5) is 4.40. The van der Waals surface area contributed by atoms with Gasteiger partial charge in [0.05, 0.1) is 41.6 Å². The molecular formula is C30H31ClF2N6O3S. The van der Waals surface area contributed by atoms with Crippen molar-refractivity contribution in [1.29, 1.82) is 0 Å². The second kappa shape index (κ2) is 11.8. The van der Waals surface area contributed by atoms with E-state index in [4.69, 9.17) is 22.1 Å². The number of nitrogens with zero attached hydrogens (tertiary/aromatic N) is 3. The molecule has 0 radical (unpaired) electrons. The minimum atomic E-state index is -4.10. The summed E-state index contributed by atoms with van der Waals surface area (Å²) in [7, 11) is -4.10. The van der Waals surface area contributed by atoms with Gasteiger partial charge < -0.3 is 15.8 Å². The SMILES string of the molecule is CCn1nc(-c2cc(F)c(NS(=O)(=O)Cc3ccccc3Cl)cc2F)c2c(N)ncc(C3=CC[C@H](NC4COC4)CC3)c21. The predicted molar refractivity (Wildman–Crippen MR) is 164 cm³/mol. The summed E-state index contributed by atoms with van der Waals surface area (Å²) >= 11 is 6.08. The maximum absolute atomic E-state index is 15.6. The maximum Gasteiger partial charge on any atom is 0.237 e. The van der Waals surface area contributed by atoms with Gasteiger partial charge in [-0.05, 0) is 49.5 Å². The van der Waals surface area contributed by atoms with E-state index in [0.29, 0.717) is 35.1 Å². The number of pyridine rings is 1. The molecule has 2 aromatic heterocycles. The van der Waals surface area contributed by atoms with Crippen LogP contribution in [0, 0.1) is 11.6 Å². The Balaban J connectivity index is 1.33. The van der Waals surface area contributed by atoms with Gasteiger partial charge in [0, 0.05) is 41.0 Å². The summed E-state index contributed by atoms with van der Waals surface area (Å²) in [6.07, 6.45) is 6.49. The van der Waals surface area contributed by atoms with Crippen LogP contribution in [-0.2, 0) is 27.1 Å². The first-order chi connectivity index (χ1) is 20.6. The summed E-state index contributed by atoms with van der Waals surface area (Å²) in [5, 5.41) is 8.91. The Morgan fingerprint density at radius 1 is 1.14 bits per heavy atom. The lowest BCUT2D eigenvalue weighted by Gasteiger charge is -2.33. The molecule has 2 aromatic carbocycles. The van der Waals surface area contributed by atoms with Crippen LogP contribution in [0.4, 0.5) is 20.3 Å². The zero-order valence-electron chi connectivity index (χ0n) is 23.4. The zero-order valence-corrected chi connectivity index (χ0v) is 25.0. The van der Waals surface area contributed by atoms with E-state index in [-0.39, 0.29) is 22.1 Å². The first-order valence-corrected chi connectivity index (χ1v) is 16.1. The highest BCUT2D eigenvalue weighted by Gasteiger charge is 2.27. The van der Waals surface area contributed by atoms with Gasteiger partial charge >= 0.3 is 0 Å². The van der Waals surface area contributed by atoms with E-state index in [2.05, 4.69) is 26.2 Å². The molecule has 1 fully saturated rings. The Bertz CT molecular complexity index is 1840. The molecule has 2 aliphatic rings. The Morgan fingerprint density at radius 3 is 2.60 bits per heavy atom. The molecule has 1 aliphatic carbocycles. The van der Waals surface area contributed by atoms with Crippen molar-refractivity contribution in [1.82, 2.24) is 20.1 Å². The summed E-state index contributed by atoms with van der Waals surface area (Å²) in [5.74, 6) is -2.20. The van der Waals surface area contributed by atoms with Crippen LogP contribution in [0.25, 0.3) is 27.7 Å². The number of hydrogen-bond acceptors (Lipinski definition) is 7. The van der Waals surface area contributed by atoms with Gasteiger partial charge in [0.15, 0.2) is 0 Å². The van der Waals surface area contributed by atoms with E-state index in [0.717, 1.165) is 55.7 Å². The molecule has 4 aromatic rings. The summed E-state index contributed by atoms with van der Waals surface area (Å²) in [5.41, 5.74) is 8.74. The van der Waals surface area contributed by atoms with Crippen molar-refractivity contribution in [3.63, 3.8) is 0 Å². The molecule has 6 rings (SSSR count). The van der Waals surface area contributed by atoms with Crippen LogP contribution in [0.1, 0.15) is 37.3 Å². The molecule has 0 spiro atoms. The van der Waals surface area contributed by atoms with Gasteiger partial charge in [-0.25, -0.2) is 22.2 Å². The number of aromatic nitrogens is 3. The number of nitrogen functional groups attached to an aromatic ring is 1. The standard InChI is InChI=1S/C30H31ClF2N6O3S/c1-2-39-29-22(17-7-9-19(10-8-17)36-20-14-42-15-20)13-35-30(34)27(29)28(37-39)21-11-25(33)26(12-24(21)32)38-43(40,41)16-18-5-3-4-6-23(18)31/h3-7,11-13,19-20,36,38H,2,8-10,14-16H2,1H3,(H2,34,35)/t19-/m0/s1. The Hall–Kier alpha value is -3.58. The number of sulfonamides is 1. The number of nitrogens with two attached hydrogens (primary N) is 1. The molecule has 1 atom stereocenters. The summed E-state index contributed by atoms with van der Waals surface area (Å²) in [6.45, 7) is 3.83. The van der Waals surface area contributed by atoms with Crippen molar-refractivity contribution in [2.45, 2.75) is 50.6 Å². The number of allylic oxidation sites excluding steroid dienone is 1. The Labute approximate surface area is 253 Å². The normalized spacial score (nSPS) is 17.6. The lowest BCUT2D eigenvalue weighted by atomic mass is 9.89. The lowest BCUT2D eigenvalue weighted by molar-refractivity contribution is -0.0103. The van der Waals surface area contributed by atoms with E-state index in [1.54, 1.807) is 35.1 Å². The van der Waals surface area contributed by atoms with Crippen LogP contribution in [0.3, 0.4) is 0 Å². The average molecular weight is 629 g/mol. The molecule has 0 unspecified atom stereocenters. The van der Waals surface area contributed by atoms with Gasteiger partial charge in [-0.1, -0.05) is 35.9 Å². The van der Waals surface area contributed by atoms with Gasteiger partial charge in [0.2, 0.25) is 10.0 Å². The smallest absolute Gasteiger partial charge is 0.237 e. The number of benzene rings is 2. The van der Waals surface area contributed by atoms with Gasteiger partial charge in [-0.3, -0.25) is 9.40 Å². The number of anilines is 2. The van der Waals surface area contributed by atoms with Gasteiger partial charge in [-0.15, -0.1) is 0 Å². The third-order valence-corrected chi connectivity index (χ3v) is 9.43. The predicted octanol–water partition coefficient (Wildman–Crippen LogP) is 5.50. The van der Waals surface area contributed by atoms with Crippen LogP contribution in [0.5, 0.6) is 0 Å². The Morgan fingerprint density at radius 2 is 1.93 bits per heavy atom. The third kappa shape index (κ3) is 5.97. The lowest BCUT2D eigenvalue weighted by Crippen LogP contribution is -2.50. The molecule has 13 heteroatoms. The summed E-state index contributed by atoms with van der Waals surface area (Å²) in [6, 6.07) is 8.90. The van der Waals surface area contributed by atoms with Crippen molar-refractivity contribution < 1.29 is 21.9 Å². The molecule has 0 bridgehead atoms. The highest BCUT2D eigenvalue weighted by molar-refractivity contribution is 7.91. The van der Waals surface area contributed by atoms with E-state index < -0.39 is 33.1 Å². The monoisotopic (exact) mass is 628 g/mol. The second-order valence-corrected chi connectivity index (χ2v) is 12.9. The van der Waals surface area contributed by atoms with Crippen LogP contribution < -0.4 is 15.8 Å². The topological polar surface area (TPSA) is 124 Å². The highest BCUT2D eigenvalue weighted by Crippen LogP contribution is 2.39. The molecular weight excluding hydrogens is 598 g/mol. The van der Waals surface area contributed by atoms with E-state index >= 15 is 8.78 Å². The number of ether oxygens (including phenoxy) is 1. The van der Waals surface area contributed by atoms with E-state index in [9.17, 15) is 8.42 Å². The fourth-order valence-electron chi connectivity index (χ4n) is 5.62. The highest BCUT2D eigenvalue weighted by atomic mass is 35.5. The number of halogens is 3. The minimum absolute atomic E-state index is 0.131. The fraction of sp³-hybridized carbons (Fsp3) is 0.333. The van der Waals surface area contributed by atoms with Crippen molar-refractivity contribution in [3.05, 3.63) is 76.5 Å². The first-order valence-electron chi connectivity index (χ1n) is 14.0. The van der Waals surface area contributed by atoms with Crippen molar-refractivity contribution in [3.8, 4) is 11.3 Å². The quantitative estimate of drug-likeness (QED) is 0.224. The average Bonchev–Trinajstić information content (AvgIpc) is 3.35. The van der Waals surface area contributed by atoms with Crippen LogP contribution in [0.15, 0.2) is 48.7 Å². The molecule has 9 nitrogen and oxygen atoms in total. The molecule has 0 saturated carbocycles. The van der Waals surface area contributed by atoms with Crippen molar-refractivity contribution >= 4 is 49.6 Å². The zero-order chi connectivity index (χ0) is 30.3. The number of nitrogens with one attached hydrogen (secondary N) is 2. The number of hydrogen-bond donors (Lipinski definition) is 3. The molecule has 1 aliphatic heterocycles. The minimum Gasteiger partial charge on any atom is -0.383 e. The van der Waals surface area contributed by atoms with E-state index in [1.165, 1.54) is 0 Å². The Kier molecular flexibility index (Phi) is 8.12. The van der Waals surface area contributed by atoms with Crippen LogP contribution in [0.2, 0.25) is 5.02 Å². The van der Waals surface area contributed by atoms with Crippen LogP contribution >= 0.6 is 11.6 Å². The molecule has 43 heavy (non-hydrogen) atoms. The van der Waals surface area contributed by atoms with Crippen molar-refractivity contribution in [2.24, 2.45) is 0 Å². The molecule has 4 N–H and O–H groups in total. The molecule has 3 heterocycles. The number of rotatable bonds is 9. The fourth-order valence-corrected chi connectivity index (χ4v) is 7.12. The second-order valence-electron chi connectivity index (χ2n) is 10.8. The molecule has 226 valence electrons. The largest absolute Gasteiger partial charge is 0.383 e. The van der Waals surface area contributed by atoms with Gasteiger partial charge in [0.25, 0.3) is 0 Å². The molecule has 0 amide bonds. The van der Waals surface area contributed by atoms with Gasteiger partial charge in [-0.2, -0.15) is 5.10 Å². The van der Waals surface area contributed by atoms with Crippen LogP contribution in [-0.4, -0.2) is 48.5 Å². The van der Waals surface area contributed by atoms with Gasteiger partial charge in [0.1, 0.15) is 23.1 Å². The number of aryl methyl sites for hydroxylation is 1. The van der Waals surface area contributed by atoms with Crippen molar-refractivity contribution in [2.75, 3.05) is 23.7 Å². The molecule has 1 saturated heterocycles. The third-order valence-electron chi connectivity index (χ3n) is 7.84. The summed E-state index contributed by atoms with van der Waals surface area (Å²) < 4.78 is 65.6.